The maximum Gasteiger partial charge on any atom is 0.251 e. The summed E-state index contributed by atoms with van der Waals surface area (Å²) >= 11 is 0. The third-order valence-corrected chi connectivity index (χ3v) is 23.5. The van der Waals surface area contributed by atoms with Crippen LogP contribution in [0.2, 0.25) is 0 Å². The average Bonchev–Trinajstić information content (AvgIpc) is 1.65. The Balaban J connectivity index is 0.639. The standard InChI is InChI=1S/C71H116FN9O6/c1-11-60-66-61(30-54(67(60)83)28-51-19-17-46(2)18-20-51)81(44-70(66,7)8)65(82)41-79-35-48(4)74-33-58(79)38-76-25-13-14-53(37-76)42-86-63-15-12-16-64(50(63)6)87-43-59-40-77(26-27-85-59)39-57-32-73-47(3)34-78(57)36-49(5)80-45-71(9,10)68-62(80)31-55(69(84)75-68)29-52-21-23-56(72)24-22-52/h30-31,46-48,50-53,56-61,63-64,66,73-74H,5,11-29,32-45H2,1-4,6-10H3,(H,75,84)/t46?,47-,48-,50?,51?,52?,53+,56?,57-,58?,59+,60?,61?,63?,64?,66?/m1/s1. The van der Waals surface area contributed by atoms with E-state index < -0.39 is 6.17 Å². The van der Waals surface area contributed by atoms with Crippen molar-refractivity contribution >= 4 is 17.4 Å². The Hall–Kier alpha value is -3.06. The highest BCUT2D eigenvalue weighted by molar-refractivity contribution is 5.99. The van der Waals surface area contributed by atoms with Crippen LogP contribution < -0.4 is 21.1 Å². The topological polar surface area (TPSA) is 138 Å². The minimum atomic E-state index is -0.704. The number of fused-ring (bicyclic) bond motifs is 2. The number of ketones is 1. The van der Waals surface area contributed by atoms with Crippen LogP contribution >= 0.6 is 0 Å². The summed E-state index contributed by atoms with van der Waals surface area (Å²) in [5.74, 6) is 3.25. The van der Waals surface area contributed by atoms with Crippen molar-refractivity contribution in [3.05, 3.63) is 51.6 Å². The second-order valence-electron chi connectivity index (χ2n) is 31.5. The number of nitrogens with zero attached hydrogens (tertiary/aromatic N) is 6. The molecule has 16 heteroatoms. The van der Waals surface area contributed by atoms with Gasteiger partial charge in [-0.1, -0.05) is 74.0 Å². The van der Waals surface area contributed by atoms with E-state index in [1.807, 2.05) is 0 Å². The summed E-state index contributed by atoms with van der Waals surface area (Å²) in [6, 6.07) is 3.37. The molecule has 15 nitrogen and oxygen atoms in total. The predicted octanol–water partition coefficient (Wildman–Crippen LogP) is 8.99. The number of halogens is 1. The highest BCUT2D eigenvalue weighted by Gasteiger charge is 2.55. The van der Waals surface area contributed by atoms with E-state index in [-0.39, 0.29) is 64.5 Å². The smallest absolute Gasteiger partial charge is 0.251 e. The van der Waals surface area contributed by atoms with Gasteiger partial charge in [-0.15, -0.1) is 0 Å². The van der Waals surface area contributed by atoms with Crippen LogP contribution in [0.3, 0.4) is 0 Å². The van der Waals surface area contributed by atoms with E-state index in [0.29, 0.717) is 93.1 Å². The molecule has 6 aliphatic heterocycles. The number of H-pyrrole nitrogens is 1. The van der Waals surface area contributed by atoms with Crippen LogP contribution in [-0.2, 0) is 35.6 Å². The number of piperidine rings is 1. The van der Waals surface area contributed by atoms with Gasteiger partial charge in [0.15, 0.2) is 5.78 Å². The molecule has 0 radical (unpaired) electrons. The fourth-order valence-electron chi connectivity index (χ4n) is 18.3. The first kappa shape index (κ1) is 65.4. The van der Waals surface area contributed by atoms with Crippen LogP contribution in [0.5, 0.6) is 0 Å². The molecule has 4 aliphatic carbocycles. The highest BCUT2D eigenvalue weighted by atomic mass is 19.1. The van der Waals surface area contributed by atoms with E-state index in [9.17, 15) is 18.8 Å². The lowest BCUT2D eigenvalue weighted by Crippen LogP contribution is -2.61. The van der Waals surface area contributed by atoms with Crippen molar-refractivity contribution in [1.82, 2.24) is 40.1 Å². The number of pyridine rings is 1. The van der Waals surface area contributed by atoms with Gasteiger partial charge in [0.1, 0.15) is 6.17 Å². The first-order chi connectivity index (χ1) is 41.7. The summed E-state index contributed by atoms with van der Waals surface area (Å²) < 4.78 is 34.2. The van der Waals surface area contributed by atoms with Crippen molar-refractivity contribution in [2.45, 2.75) is 225 Å². The van der Waals surface area contributed by atoms with Crippen molar-refractivity contribution in [3.63, 3.8) is 0 Å². The number of carbonyl (C=O) groups excluding carboxylic acids is 2. The van der Waals surface area contributed by atoms with Gasteiger partial charge in [-0.05, 0) is 157 Å². The lowest BCUT2D eigenvalue weighted by atomic mass is 9.64. The molecule has 0 spiro atoms. The first-order valence-electron chi connectivity index (χ1n) is 35.3. The molecular formula is C71H116FN9O6. The van der Waals surface area contributed by atoms with Crippen LogP contribution in [0.4, 0.5) is 10.1 Å². The normalized spacial score (nSPS) is 37.2. The first-order valence-corrected chi connectivity index (χ1v) is 35.3. The molecule has 12 atom stereocenters. The Labute approximate surface area is 523 Å². The molecule has 1 aromatic rings. The fraction of sp³-hybridized carbons (Fsp3) is 0.845. The molecule has 488 valence electrons. The van der Waals surface area contributed by atoms with Crippen LogP contribution in [0.25, 0.3) is 0 Å². The lowest BCUT2D eigenvalue weighted by Gasteiger charge is -2.44. The molecule has 7 heterocycles. The molecule has 1 aromatic heterocycles. The number of piperazine rings is 2. The van der Waals surface area contributed by atoms with E-state index in [2.05, 4.69) is 119 Å². The SMILES string of the molecule is C=C(CN1C[C@@H](C)NC[C@@H]1CN1CCO[C@H](COC2CCCC(OC[C@H]3CCCN(CC4CN[C@H](C)CN4CC(=O)N4CC(C)(C)C5C(CC)C(=O)C(CC6CCC(C)CC6)=CC54)C3)C2C)C1)N1CC(C)(C)c2[nH]c(=O)c(CC3CCC(F)CC3)cc21. The number of aromatic amines is 1. The van der Waals surface area contributed by atoms with Gasteiger partial charge in [0, 0.05) is 137 Å². The van der Waals surface area contributed by atoms with Gasteiger partial charge in [-0.25, -0.2) is 4.39 Å². The van der Waals surface area contributed by atoms with Crippen molar-refractivity contribution in [2.24, 2.45) is 46.8 Å². The van der Waals surface area contributed by atoms with Crippen molar-refractivity contribution < 1.29 is 28.2 Å². The summed E-state index contributed by atoms with van der Waals surface area (Å²) in [4.78, 5) is 60.7. The third-order valence-electron chi connectivity index (χ3n) is 23.5. The second kappa shape index (κ2) is 28.4. The number of anilines is 1. The zero-order chi connectivity index (χ0) is 61.3. The zero-order valence-corrected chi connectivity index (χ0v) is 55.4. The number of aromatic nitrogens is 1. The van der Waals surface area contributed by atoms with Gasteiger partial charge in [-0.3, -0.25) is 29.1 Å². The predicted molar refractivity (Wildman–Crippen MR) is 346 cm³/mol. The summed E-state index contributed by atoms with van der Waals surface area (Å²) in [6.07, 6.45) is 17.8. The summed E-state index contributed by atoms with van der Waals surface area (Å²) in [5.41, 5.74) is 4.61. The number of allylic oxidation sites excluding steroid dienone is 1. The Bertz CT molecular complexity index is 2600. The molecule has 8 fully saturated rings. The van der Waals surface area contributed by atoms with E-state index >= 15 is 0 Å². The minimum Gasteiger partial charge on any atom is -0.378 e. The maximum absolute atomic E-state index is 14.8. The molecule has 7 unspecified atom stereocenters. The average molecular weight is 1210 g/mol. The monoisotopic (exact) mass is 1210 g/mol. The number of Topliss-reactive ketones (excluding diaryl/α,β-unsaturated/α-hetero) is 1. The molecule has 1 amide bonds. The minimum absolute atomic E-state index is 0.00135. The molecule has 3 N–H and O–H groups in total. The van der Waals surface area contributed by atoms with Crippen molar-refractivity contribution in [2.75, 3.05) is 116 Å². The number of morpholine rings is 1. The molecule has 5 saturated heterocycles. The third kappa shape index (κ3) is 15.5. The molecule has 87 heavy (non-hydrogen) atoms. The quantitative estimate of drug-likeness (QED) is 0.115. The lowest BCUT2D eigenvalue weighted by molar-refractivity contribution is -0.135. The number of rotatable bonds is 20. The number of likely N-dealkylation sites (tertiary alicyclic amines) is 2. The molecule has 11 rings (SSSR count). The number of ether oxygens (including phenoxy) is 3. The van der Waals surface area contributed by atoms with Crippen LogP contribution in [0.1, 0.15) is 170 Å². The van der Waals surface area contributed by atoms with Gasteiger partial charge in [0.25, 0.3) is 5.56 Å². The maximum atomic E-state index is 14.8. The van der Waals surface area contributed by atoms with E-state index in [1.54, 1.807) is 0 Å². The van der Waals surface area contributed by atoms with E-state index in [1.165, 1.54) is 32.1 Å². The van der Waals surface area contributed by atoms with Crippen LogP contribution in [0, 0.1) is 46.8 Å². The Morgan fingerprint density at radius 3 is 2.08 bits per heavy atom. The number of amides is 1. The molecular weight excluding hydrogens is 1090 g/mol. The Kier molecular flexibility index (Phi) is 21.4. The number of alkyl halides is 1. The van der Waals surface area contributed by atoms with Gasteiger partial charge in [0.05, 0.1) is 56.4 Å². The summed E-state index contributed by atoms with van der Waals surface area (Å²) in [6.45, 7) is 39.2. The van der Waals surface area contributed by atoms with E-state index in [0.717, 1.165) is 171 Å². The fourth-order valence-corrected chi connectivity index (χ4v) is 18.3. The van der Waals surface area contributed by atoms with Gasteiger partial charge < -0.3 is 44.5 Å². The van der Waals surface area contributed by atoms with E-state index in [4.69, 9.17) is 20.8 Å². The van der Waals surface area contributed by atoms with Gasteiger partial charge >= 0.3 is 0 Å². The van der Waals surface area contributed by atoms with Crippen LogP contribution in [0.15, 0.2) is 34.8 Å². The second-order valence-corrected chi connectivity index (χ2v) is 31.5. The molecule has 0 aromatic carbocycles. The van der Waals surface area contributed by atoms with Crippen LogP contribution in [-0.4, -0.2) is 207 Å². The molecule has 0 bridgehead atoms. The molecule has 10 aliphatic rings. The molecule has 3 saturated carbocycles. The van der Waals surface area contributed by atoms with Gasteiger partial charge in [-0.2, -0.15) is 0 Å². The Morgan fingerprint density at radius 1 is 0.747 bits per heavy atom. The van der Waals surface area contributed by atoms with Crippen molar-refractivity contribution in [1.29, 1.82) is 0 Å². The largest absolute Gasteiger partial charge is 0.378 e. The summed E-state index contributed by atoms with van der Waals surface area (Å²) in [5, 5.41) is 7.56. The Morgan fingerprint density at radius 2 is 1.39 bits per heavy atom. The summed E-state index contributed by atoms with van der Waals surface area (Å²) in [7, 11) is 0. The number of carbonyl (C=O) groups is 2. The van der Waals surface area contributed by atoms with Crippen molar-refractivity contribution in [3.8, 4) is 0 Å². The number of hydrogen-bond acceptors (Lipinski definition) is 13. The number of nitrogens with one attached hydrogen (secondary N) is 3. The van der Waals surface area contributed by atoms with Gasteiger partial charge in [0.2, 0.25) is 5.91 Å². The highest BCUT2D eigenvalue weighted by Crippen LogP contribution is 2.51. The zero-order valence-electron chi connectivity index (χ0n) is 55.4. The number of hydrogen-bond donors (Lipinski definition) is 3.